The molecule has 1 aromatic carbocycles. The normalized spacial score (nSPS) is 22.1. The van der Waals surface area contributed by atoms with Crippen LogP contribution in [0.2, 0.25) is 0 Å². The molecule has 0 aliphatic carbocycles. The molecule has 2 aliphatic rings. The summed E-state index contributed by atoms with van der Waals surface area (Å²) >= 11 is 0. The van der Waals surface area contributed by atoms with E-state index < -0.39 is 0 Å². The van der Waals surface area contributed by atoms with Gasteiger partial charge >= 0.3 is 0 Å². The third-order valence-electron chi connectivity index (χ3n) is 5.77. The molecule has 4 heterocycles. The van der Waals surface area contributed by atoms with Gasteiger partial charge < -0.3 is 19.0 Å². The van der Waals surface area contributed by atoms with Crippen molar-refractivity contribution < 1.29 is 13.9 Å². The van der Waals surface area contributed by atoms with Crippen LogP contribution in [0, 0.1) is 0 Å². The van der Waals surface area contributed by atoms with Gasteiger partial charge in [-0.15, -0.1) is 5.10 Å². The van der Waals surface area contributed by atoms with Crippen molar-refractivity contribution in [2.75, 3.05) is 31.6 Å². The summed E-state index contributed by atoms with van der Waals surface area (Å²) in [6.07, 6.45) is 4.55. The molecule has 5 rings (SSSR count). The zero-order valence-corrected chi connectivity index (χ0v) is 16.4. The molecule has 0 bridgehead atoms. The number of aromatic nitrogens is 4. The van der Waals surface area contributed by atoms with Crippen LogP contribution in [0.3, 0.4) is 0 Å². The van der Waals surface area contributed by atoms with Gasteiger partial charge in [-0.05, 0) is 31.4 Å². The second-order valence-electron chi connectivity index (χ2n) is 7.67. The van der Waals surface area contributed by atoms with Crippen molar-refractivity contribution in [1.29, 1.82) is 0 Å². The Balaban J connectivity index is 1.29. The maximum absolute atomic E-state index is 13.3. The van der Waals surface area contributed by atoms with Gasteiger partial charge in [0.05, 0.1) is 18.8 Å². The lowest BCUT2D eigenvalue weighted by Crippen LogP contribution is -2.45. The zero-order valence-electron chi connectivity index (χ0n) is 16.4. The van der Waals surface area contributed by atoms with Crippen LogP contribution in [0.25, 0.3) is 11.1 Å². The summed E-state index contributed by atoms with van der Waals surface area (Å²) in [7, 11) is 1.64. The molecule has 2 fully saturated rings. The van der Waals surface area contributed by atoms with Gasteiger partial charge in [-0.1, -0.05) is 17.3 Å². The molecule has 0 spiro atoms. The van der Waals surface area contributed by atoms with Gasteiger partial charge in [0.2, 0.25) is 5.91 Å². The summed E-state index contributed by atoms with van der Waals surface area (Å²) in [5, 5.41) is 8.33. The lowest BCUT2D eigenvalue weighted by atomic mass is 10.2. The lowest BCUT2D eigenvalue weighted by Gasteiger charge is -2.26. The topological polar surface area (TPSA) is 89.5 Å². The maximum Gasteiger partial charge on any atom is 0.299 e. The Morgan fingerprint density at radius 1 is 1.28 bits per heavy atom. The molecule has 9 nitrogen and oxygen atoms in total. The molecule has 0 N–H and O–H groups in total. The third-order valence-corrected chi connectivity index (χ3v) is 5.77. The van der Waals surface area contributed by atoms with E-state index in [-0.39, 0.29) is 18.0 Å². The van der Waals surface area contributed by atoms with E-state index >= 15 is 0 Å². The first-order valence-corrected chi connectivity index (χ1v) is 10.0. The average molecular weight is 396 g/mol. The largest absolute Gasteiger partial charge is 0.423 e. The smallest absolute Gasteiger partial charge is 0.299 e. The molecule has 29 heavy (non-hydrogen) atoms. The van der Waals surface area contributed by atoms with E-state index in [0.717, 1.165) is 49.1 Å². The zero-order chi connectivity index (χ0) is 19.8. The van der Waals surface area contributed by atoms with Gasteiger partial charge in [0, 0.05) is 26.7 Å². The number of ether oxygens (including phenoxy) is 1. The lowest BCUT2D eigenvalue weighted by molar-refractivity contribution is -0.131. The molecule has 0 radical (unpaired) electrons. The molecule has 9 heteroatoms. The monoisotopic (exact) mass is 396 g/mol. The number of fused-ring (bicyclic) bond motifs is 1. The third kappa shape index (κ3) is 3.35. The SMILES string of the molecule is COCc1cn([C@@H]2CCN(C(=O)[C@H]3CCCN3c3nc4ccccc4o3)C2)nn1. The first kappa shape index (κ1) is 18.1. The Morgan fingerprint density at radius 2 is 2.17 bits per heavy atom. The van der Waals surface area contributed by atoms with Crippen LogP contribution in [0.5, 0.6) is 0 Å². The summed E-state index contributed by atoms with van der Waals surface area (Å²) in [5.41, 5.74) is 2.37. The van der Waals surface area contributed by atoms with Crippen LogP contribution in [-0.2, 0) is 16.1 Å². The fraction of sp³-hybridized carbons (Fsp3) is 0.500. The Kier molecular flexibility index (Phi) is 4.67. The van der Waals surface area contributed by atoms with Gasteiger partial charge in [-0.25, -0.2) is 4.68 Å². The van der Waals surface area contributed by atoms with Crippen LogP contribution < -0.4 is 4.90 Å². The molecule has 0 unspecified atom stereocenters. The number of carbonyl (C=O) groups excluding carboxylic acids is 1. The van der Waals surface area contributed by atoms with E-state index in [1.54, 1.807) is 7.11 Å². The molecular formula is C20H24N6O3. The Hall–Kier alpha value is -2.94. The Morgan fingerprint density at radius 3 is 3.03 bits per heavy atom. The quantitative estimate of drug-likeness (QED) is 0.652. The molecule has 3 aromatic rings. The Bertz CT molecular complexity index is 981. The Labute approximate surface area is 168 Å². The number of methoxy groups -OCH3 is 1. The maximum atomic E-state index is 13.3. The highest BCUT2D eigenvalue weighted by molar-refractivity contribution is 5.86. The van der Waals surface area contributed by atoms with Gasteiger partial charge in [-0.3, -0.25) is 4.79 Å². The number of para-hydroxylation sites is 2. The van der Waals surface area contributed by atoms with Crippen LogP contribution in [0.1, 0.15) is 31.0 Å². The number of amides is 1. The van der Waals surface area contributed by atoms with Gasteiger partial charge in [-0.2, -0.15) is 4.98 Å². The van der Waals surface area contributed by atoms with E-state index in [1.807, 2.05) is 44.9 Å². The molecule has 2 atom stereocenters. The number of likely N-dealkylation sites (tertiary alicyclic amines) is 1. The standard InChI is InChI=1S/C20H24N6O3/c1-28-13-14-11-26(23-22-14)15-8-10-24(12-15)19(27)17-6-4-9-25(17)20-21-16-5-2-3-7-18(16)29-20/h2-3,5,7,11,15,17H,4,6,8-10,12-13H2,1H3/t15-,17-/m1/s1. The van der Waals surface area contributed by atoms with Gasteiger partial charge in [0.15, 0.2) is 5.58 Å². The van der Waals surface area contributed by atoms with Gasteiger partial charge in [0.1, 0.15) is 17.3 Å². The fourth-order valence-corrected chi connectivity index (χ4v) is 4.31. The number of nitrogens with zero attached hydrogens (tertiary/aromatic N) is 6. The van der Waals surface area contributed by atoms with E-state index in [2.05, 4.69) is 15.3 Å². The minimum Gasteiger partial charge on any atom is -0.423 e. The van der Waals surface area contributed by atoms with Crippen molar-refractivity contribution in [1.82, 2.24) is 24.9 Å². The first-order valence-electron chi connectivity index (χ1n) is 10.0. The number of benzene rings is 1. The highest BCUT2D eigenvalue weighted by Gasteiger charge is 2.39. The second-order valence-corrected chi connectivity index (χ2v) is 7.67. The van der Waals surface area contributed by atoms with E-state index in [9.17, 15) is 4.79 Å². The number of anilines is 1. The summed E-state index contributed by atoms with van der Waals surface area (Å²) in [6.45, 7) is 2.59. The van der Waals surface area contributed by atoms with E-state index in [4.69, 9.17) is 9.15 Å². The van der Waals surface area contributed by atoms with E-state index in [0.29, 0.717) is 19.2 Å². The molecular weight excluding hydrogens is 372 g/mol. The summed E-state index contributed by atoms with van der Waals surface area (Å²) < 4.78 is 12.9. The fourth-order valence-electron chi connectivity index (χ4n) is 4.31. The number of hydrogen-bond donors (Lipinski definition) is 0. The highest BCUT2D eigenvalue weighted by Crippen LogP contribution is 2.31. The summed E-state index contributed by atoms with van der Waals surface area (Å²) in [6, 6.07) is 8.16. The van der Waals surface area contributed by atoms with Crippen molar-refractivity contribution in [3.8, 4) is 0 Å². The molecule has 1 amide bonds. The molecule has 152 valence electrons. The highest BCUT2D eigenvalue weighted by atomic mass is 16.5. The predicted molar refractivity (Wildman–Crippen MR) is 105 cm³/mol. The van der Waals surface area contributed by atoms with Crippen LogP contribution in [0.15, 0.2) is 34.9 Å². The van der Waals surface area contributed by atoms with Crippen LogP contribution in [0.4, 0.5) is 6.01 Å². The minimum absolute atomic E-state index is 0.143. The summed E-state index contributed by atoms with van der Waals surface area (Å²) in [5.74, 6) is 0.143. The summed E-state index contributed by atoms with van der Waals surface area (Å²) in [4.78, 5) is 21.8. The van der Waals surface area contributed by atoms with Crippen LogP contribution in [-0.4, -0.2) is 63.6 Å². The van der Waals surface area contributed by atoms with Crippen molar-refractivity contribution in [2.24, 2.45) is 0 Å². The molecule has 0 saturated carbocycles. The average Bonchev–Trinajstić information content (AvgIpc) is 3.52. The number of rotatable bonds is 5. The second kappa shape index (κ2) is 7.47. The van der Waals surface area contributed by atoms with Crippen LogP contribution >= 0.6 is 0 Å². The number of oxazole rings is 1. The van der Waals surface area contributed by atoms with Crippen molar-refractivity contribution >= 4 is 23.0 Å². The van der Waals surface area contributed by atoms with Crippen molar-refractivity contribution in [3.05, 3.63) is 36.2 Å². The first-order chi connectivity index (χ1) is 14.2. The van der Waals surface area contributed by atoms with Gasteiger partial charge in [0.25, 0.3) is 6.01 Å². The van der Waals surface area contributed by atoms with Crippen molar-refractivity contribution in [2.45, 2.75) is 38.0 Å². The van der Waals surface area contributed by atoms with E-state index in [1.165, 1.54) is 0 Å². The molecule has 2 aromatic heterocycles. The number of hydrogen-bond acceptors (Lipinski definition) is 7. The molecule has 2 aliphatic heterocycles. The number of carbonyl (C=O) groups is 1. The predicted octanol–water partition coefficient (Wildman–Crippen LogP) is 2.01. The minimum atomic E-state index is -0.221. The molecule has 2 saturated heterocycles. The van der Waals surface area contributed by atoms with Crippen molar-refractivity contribution in [3.63, 3.8) is 0 Å².